The second-order valence-corrected chi connectivity index (χ2v) is 6.59. The summed E-state index contributed by atoms with van der Waals surface area (Å²) < 4.78 is 5.48. The van der Waals surface area contributed by atoms with Crippen LogP contribution in [-0.4, -0.2) is 15.9 Å². The summed E-state index contributed by atoms with van der Waals surface area (Å²) >= 11 is 6.21. The number of hydrogen-bond acceptors (Lipinski definition) is 6. The molecule has 29 heavy (non-hydrogen) atoms. The van der Waals surface area contributed by atoms with E-state index in [4.69, 9.17) is 16.3 Å². The first-order valence-electron chi connectivity index (χ1n) is 8.90. The second kappa shape index (κ2) is 9.16. The lowest BCUT2D eigenvalue weighted by atomic mass is 9.97. The van der Waals surface area contributed by atoms with E-state index in [0.29, 0.717) is 27.7 Å². The van der Waals surface area contributed by atoms with Gasteiger partial charge in [0.25, 0.3) is 5.69 Å². The molecule has 3 aromatic rings. The molecule has 3 rings (SSSR count). The van der Waals surface area contributed by atoms with E-state index in [1.807, 2.05) is 6.07 Å². The van der Waals surface area contributed by atoms with Crippen molar-refractivity contribution in [1.29, 1.82) is 0 Å². The molecular weight excluding hydrogens is 394 g/mol. The van der Waals surface area contributed by atoms with Crippen LogP contribution in [0.4, 0.5) is 11.5 Å². The minimum Gasteiger partial charge on any atom is -0.426 e. The number of benzene rings is 2. The average Bonchev–Trinajstić information content (AvgIpc) is 2.74. The Morgan fingerprint density at radius 1 is 1.21 bits per heavy atom. The summed E-state index contributed by atoms with van der Waals surface area (Å²) in [4.78, 5) is 27.0. The molecule has 1 atom stereocenters. The fourth-order valence-corrected chi connectivity index (χ4v) is 2.97. The number of anilines is 1. The maximum absolute atomic E-state index is 11.9. The highest BCUT2D eigenvalue weighted by Crippen LogP contribution is 2.36. The Morgan fingerprint density at radius 3 is 2.72 bits per heavy atom. The van der Waals surface area contributed by atoms with Crippen LogP contribution < -0.4 is 10.1 Å². The fourth-order valence-electron chi connectivity index (χ4n) is 2.79. The van der Waals surface area contributed by atoms with Crippen molar-refractivity contribution in [3.05, 3.63) is 93.1 Å². The van der Waals surface area contributed by atoms with Gasteiger partial charge in [-0.2, -0.15) is 0 Å². The molecule has 1 heterocycles. The van der Waals surface area contributed by atoms with Gasteiger partial charge in [-0.3, -0.25) is 14.9 Å². The van der Waals surface area contributed by atoms with Gasteiger partial charge in [0.15, 0.2) is 0 Å². The van der Waals surface area contributed by atoms with E-state index in [1.165, 1.54) is 12.1 Å². The third kappa shape index (κ3) is 5.08. The van der Waals surface area contributed by atoms with Gasteiger partial charge in [-0.05, 0) is 35.9 Å². The standard InChI is InChI=1S/C21H18ClN3O4/c1-2-20(26)29-18-10-9-15(22)13-17(18)21(24-19-8-3-4-11-23-19)14-6-5-7-16(12-14)25(27)28/h3-13,21H,2H2,1H3,(H,23,24). The number of nitrogens with zero attached hydrogens (tertiary/aromatic N) is 2. The molecule has 8 heteroatoms. The van der Waals surface area contributed by atoms with Crippen LogP contribution in [0.3, 0.4) is 0 Å². The third-order valence-corrected chi connectivity index (χ3v) is 4.40. The van der Waals surface area contributed by atoms with Gasteiger partial charge in [0.05, 0.1) is 11.0 Å². The molecule has 0 saturated carbocycles. The van der Waals surface area contributed by atoms with Gasteiger partial charge in [0, 0.05) is 35.3 Å². The van der Waals surface area contributed by atoms with Crippen molar-refractivity contribution < 1.29 is 14.5 Å². The van der Waals surface area contributed by atoms with Crippen LogP contribution in [0, 0.1) is 10.1 Å². The number of halogens is 1. The first-order chi connectivity index (χ1) is 14.0. The molecule has 148 valence electrons. The highest BCUT2D eigenvalue weighted by molar-refractivity contribution is 6.30. The van der Waals surface area contributed by atoms with E-state index >= 15 is 0 Å². The Bertz CT molecular complexity index is 1030. The van der Waals surface area contributed by atoms with Crippen molar-refractivity contribution in [3.63, 3.8) is 0 Å². The molecule has 1 aromatic heterocycles. The molecule has 0 radical (unpaired) electrons. The van der Waals surface area contributed by atoms with Gasteiger partial charge in [-0.1, -0.05) is 36.7 Å². The number of carbonyl (C=O) groups excluding carboxylic acids is 1. The molecule has 0 bridgehead atoms. The number of nitrogens with one attached hydrogen (secondary N) is 1. The minimum atomic E-state index is -0.594. The Hall–Kier alpha value is -3.45. The van der Waals surface area contributed by atoms with Crippen LogP contribution in [0.25, 0.3) is 0 Å². The first kappa shape index (κ1) is 20.3. The Morgan fingerprint density at radius 2 is 2.03 bits per heavy atom. The third-order valence-electron chi connectivity index (χ3n) is 4.17. The largest absolute Gasteiger partial charge is 0.426 e. The summed E-state index contributed by atoms with van der Waals surface area (Å²) in [5.41, 5.74) is 1.11. The predicted molar refractivity (Wildman–Crippen MR) is 110 cm³/mol. The van der Waals surface area contributed by atoms with E-state index in [1.54, 1.807) is 55.6 Å². The summed E-state index contributed by atoms with van der Waals surface area (Å²) in [7, 11) is 0. The number of rotatable bonds is 7. The van der Waals surface area contributed by atoms with Crippen molar-refractivity contribution in [2.75, 3.05) is 5.32 Å². The number of nitro benzene ring substituents is 1. The zero-order valence-corrected chi connectivity index (χ0v) is 16.3. The van der Waals surface area contributed by atoms with Crippen molar-refractivity contribution in [2.45, 2.75) is 19.4 Å². The average molecular weight is 412 g/mol. The minimum absolute atomic E-state index is 0.0514. The molecule has 0 saturated heterocycles. The number of pyridine rings is 1. The van der Waals surface area contributed by atoms with Gasteiger partial charge >= 0.3 is 5.97 Å². The summed E-state index contributed by atoms with van der Waals surface area (Å²) in [5, 5.41) is 15.0. The highest BCUT2D eigenvalue weighted by atomic mass is 35.5. The second-order valence-electron chi connectivity index (χ2n) is 6.15. The number of ether oxygens (including phenoxy) is 1. The Balaban J connectivity index is 2.13. The first-order valence-corrected chi connectivity index (χ1v) is 9.27. The molecule has 0 aliphatic rings. The topological polar surface area (TPSA) is 94.4 Å². The fraction of sp³-hybridized carbons (Fsp3) is 0.143. The van der Waals surface area contributed by atoms with Gasteiger partial charge in [0.2, 0.25) is 0 Å². The highest BCUT2D eigenvalue weighted by Gasteiger charge is 2.22. The Labute approximate surface area is 172 Å². The van der Waals surface area contributed by atoms with E-state index in [-0.39, 0.29) is 12.1 Å². The van der Waals surface area contributed by atoms with Crippen molar-refractivity contribution >= 4 is 29.1 Å². The maximum atomic E-state index is 11.9. The number of esters is 1. The quantitative estimate of drug-likeness (QED) is 0.250. The van der Waals surface area contributed by atoms with Crippen LogP contribution in [0.5, 0.6) is 5.75 Å². The molecule has 2 aromatic carbocycles. The number of nitro groups is 1. The lowest BCUT2D eigenvalue weighted by molar-refractivity contribution is -0.384. The molecule has 7 nitrogen and oxygen atoms in total. The lowest BCUT2D eigenvalue weighted by Gasteiger charge is -2.23. The van der Waals surface area contributed by atoms with Crippen LogP contribution >= 0.6 is 11.6 Å². The normalized spacial score (nSPS) is 11.5. The van der Waals surface area contributed by atoms with E-state index in [2.05, 4.69) is 10.3 Å². The predicted octanol–water partition coefficient (Wildman–Crippen LogP) is 5.16. The molecule has 1 unspecified atom stereocenters. The zero-order chi connectivity index (χ0) is 20.8. The molecule has 0 aliphatic heterocycles. The number of hydrogen-bond donors (Lipinski definition) is 1. The van der Waals surface area contributed by atoms with Gasteiger partial charge in [-0.25, -0.2) is 4.98 Å². The smallest absolute Gasteiger partial charge is 0.310 e. The summed E-state index contributed by atoms with van der Waals surface area (Å²) in [6, 6.07) is 15.9. The van der Waals surface area contributed by atoms with Gasteiger partial charge < -0.3 is 10.1 Å². The lowest BCUT2D eigenvalue weighted by Crippen LogP contribution is -2.16. The Kier molecular flexibility index (Phi) is 6.41. The summed E-state index contributed by atoms with van der Waals surface area (Å²) in [6.45, 7) is 1.70. The summed E-state index contributed by atoms with van der Waals surface area (Å²) in [6.07, 6.45) is 1.83. The SMILES string of the molecule is CCC(=O)Oc1ccc(Cl)cc1C(Nc1ccccn1)c1cccc([N+](=O)[O-])c1. The van der Waals surface area contributed by atoms with Crippen molar-refractivity contribution in [3.8, 4) is 5.75 Å². The van der Waals surface area contributed by atoms with Crippen molar-refractivity contribution in [1.82, 2.24) is 4.98 Å². The van der Waals surface area contributed by atoms with Crippen LogP contribution in [0.1, 0.15) is 30.5 Å². The molecule has 1 N–H and O–H groups in total. The number of non-ortho nitro benzene ring substituents is 1. The van der Waals surface area contributed by atoms with E-state index in [9.17, 15) is 14.9 Å². The van der Waals surface area contributed by atoms with Crippen LogP contribution in [0.15, 0.2) is 66.9 Å². The maximum Gasteiger partial charge on any atom is 0.310 e. The van der Waals surface area contributed by atoms with Gasteiger partial charge in [0.1, 0.15) is 11.6 Å². The monoisotopic (exact) mass is 411 g/mol. The van der Waals surface area contributed by atoms with Crippen molar-refractivity contribution in [2.24, 2.45) is 0 Å². The number of carbonyl (C=O) groups is 1. The number of aromatic nitrogens is 1. The molecular formula is C21H18ClN3O4. The molecule has 0 amide bonds. The summed E-state index contributed by atoms with van der Waals surface area (Å²) in [5.74, 6) is 0.474. The molecule has 0 spiro atoms. The van der Waals surface area contributed by atoms with Gasteiger partial charge in [-0.15, -0.1) is 0 Å². The molecule has 0 aliphatic carbocycles. The van der Waals surface area contributed by atoms with E-state index in [0.717, 1.165) is 0 Å². The zero-order valence-electron chi connectivity index (χ0n) is 15.5. The van der Waals surface area contributed by atoms with Crippen LogP contribution in [0.2, 0.25) is 5.02 Å². The molecule has 0 fully saturated rings. The van der Waals surface area contributed by atoms with E-state index < -0.39 is 16.9 Å². The van der Waals surface area contributed by atoms with Crippen LogP contribution in [-0.2, 0) is 4.79 Å².